The van der Waals surface area contributed by atoms with Crippen molar-refractivity contribution in [1.29, 1.82) is 0 Å². The van der Waals surface area contributed by atoms with E-state index in [-0.39, 0.29) is 0 Å². The normalized spacial score (nSPS) is 11.5. The number of nitrogens with zero attached hydrogens (tertiary/aromatic N) is 1. The van der Waals surface area contributed by atoms with Gasteiger partial charge in [-0.1, -0.05) is 43.7 Å². The van der Waals surface area contributed by atoms with Crippen LogP contribution in [0.4, 0.5) is 0 Å². The highest BCUT2D eigenvalue weighted by Gasteiger charge is 1.96. The fraction of sp³-hybridized carbons (Fsp3) is 0.385. The maximum absolute atomic E-state index is 5.85. The average Bonchev–Trinajstić information content (AvgIpc) is 2.27. The molecule has 0 atom stereocenters. The second kappa shape index (κ2) is 6.25. The van der Waals surface area contributed by atoms with Gasteiger partial charge in [0.15, 0.2) is 0 Å². The number of hydrazine groups is 1. The number of unbranched alkanes of at least 4 members (excludes halogenated alkanes) is 1. The van der Waals surface area contributed by atoms with Crippen LogP contribution in [-0.2, 0) is 0 Å². The van der Waals surface area contributed by atoms with Gasteiger partial charge in [-0.2, -0.15) is 0 Å². The summed E-state index contributed by atoms with van der Waals surface area (Å²) >= 11 is 0. The summed E-state index contributed by atoms with van der Waals surface area (Å²) in [5.41, 5.74) is 2.43. The maximum atomic E-state index is 5.85. The highest BCUT2D eigenvalue weighted by atomic mass is 15.4. The van der Waals surface area contributed by atoms with E-state index in [0.29, 0.717) is 0 Å². The van der Waals surface area contributed by atoms with Gasteiger partial charge in [-0.05, 0) is 24.5 Å². The molecular weight excluding hydrogens is 184 g/mol. The molecular formula is C13H20N2. The van der Waals surface area contributed by atoms with E-state index in [4.69, 9.17) is 5.84 Å². The Kier molecular flexibility index (Phi) is 4.91. The van der Waals surface area contributed by atoms with Gasteiger partial charge in [0.1, 0.15) is 0 Å². The molecule has 2 nitrogen and oxygen atoms in total. The van der Waals surface area contributed by atoms with Gasteiger partial charge < -0.3 is 5.01 Å². The van der Waals surface area contributed by atoms with Crippen molar-refractivity contribution in [3.63, 3.8) is 0 Å². The lowest BCUT2D eigenvalue weighted by atomic mass is 10.1. The van der Waals surface area contributed by atoms with E-state index in [1.165, 1.54) is 17.6 Å². The fourth-order valence-corrected chi connectivity index (χ4v) is 1.43. The Morgan fingerprint density at radius 1 is 1.33 bits per heavy atom. The van der Waals surface area contributed by atoms with Crippen molar-refractivity contribution in [2.45, 2.75) is 26.7 Å². The van der Waals surface area contributed by atoms with E-state index in [1.54, 1.807) is 5.01 Å². The largest absolute Gasteiger partial charge is 0.318 e. The summed E-state index contributed by atoms with van der Waals surface area (Å²) < 4.78 is 0. The third-order valence-corrected chi connectivity index (χ3v) is 2.36. The molecule has 2 heteroatoms. The van der Waals surface area contributed by atoms with Crippen LogP contribution in [-0.4, -0.2) is 11.6 Å². The van der Waals surface area contributed by atoms with Gasteiger partial charge in [0.2, 0.25) is 0 Å². The number of hydrogen-bond acceptors (Lipinski definition) is 2. The van der Waals surface area contributed by atoms with Crippen LogP contribution in [0.3, 0.4) is 0 Å². The minimum Gasteiger partial charge on any atom is -0.318 e. The Balaban J connectivity index is 2.59. The SMILES string of the molecule is CCCCN(N)/C=C(\C)c1ccccc1. The summed E-state index contributed by atoms with van der Waals surface area (Å²) in [5.74, 6) is 5.85. The highest BCUT2D eigenvalue weighted by molar-refractivity contribution is 5.62. The lowest BCUT2D eigenvalue weighted by Crippen LogP contribution is -2.26. The first-order valence-corrected chi connectivity index (χ1v) is 5.49. The Morgan fingerprint density at radius 3 is 2.60 bits per heavy atom. The van der Waals surface area contributed by atoms with E-state index in [2.05, 4.69) is 26.0 Å². The zero-order chi connectivity index (χ0) is 11.1. The molecule has 0 aliphatic rings. The van der Waals surface area contributed by atoms with Gasteiger partial charge in [0.05, 0.1) is 0 Å². The molecule has 82 valence electrons. The smallest absolute Gasteiger partial charge is 0.0335 e. The summed E-state index contributed by atoms with van der Waals surface area (Å²) in [6, 6.07) is 10.3. The fourth-order valence-electron chi connectivity index (χ4n) is 1.43. The first-order valence-electron chi connectivity index (χ1n) is 5.49. The zero-order valence-corrected chi connectivity index (χ0v) is 9.61. The molecule has 0 aliphatic carbocycles. The first-order chi connectivity index (χ1) is 7.24. The molecule has 2 N–H and O–H groups in total. The predicted molar refractivity (Wildman–Crippen MR) is 65.9 cm³/mol. The van der Waals surface area contributed by atoms with Gasteiger partial charge in [0, 0.05) is 12.7 Å². The van der Waals surface area contributed by atoms with E-state index >= 15 is 0 Å². The number of rotatable bonds is 5. The van der Waals surface area contributed by atoms with Crippen LogP contribution < -0.4 is 5.84 Å². The quantitative estimate of drug-likeness (QED) is 0.590. The van der Waals surface area contributed by atoms with Crippen LogP contribution in [0.1, 0.15) is 32.3 Å². The minimum absolute atomic E-state index is 0.917. The minimum atomic E-state index is 0.917. The van der Waals surface area contributed by atoms with Crippen molar-refractivity contribution >= 4 is 5.57 Å². The molecule has 0 bridgehead atoms. The van der Waals surface area contributed by atoms with Crippen LogP contribution in [0.15, 0.2) is 36.5 Å². The predicted octanol–water partition coefficient (Wildman–Crippen LogP) is 3.02. The van der Waals surface area contributed by atoms with Crippen LogP contribution in [0.5, 0.6) is 0 Å². The summed E-state index contributed by atoms with van der Waals surface area (Å²) in [4.78, 5) is 0. The Morgan fingerprint density at radius 2 is 2.00 bits per heavy atom. The summed E-state index contributed by atoms with van der Waals surface area (Å²) in [6.07, 6.45) is 4.31. The Hall–Kier alpha value is -1.28. The molecule has 0 aliphatic heterocycles. The van der Waals surface area contributed by atoms with Crippen molar-refractivity contribution in [3.05, 3.63) is 42.1 Å². The molecule has 0 amide bonds. The van der Waals surface area contributed by atoms with Gasteiger partial charge >= 0.3 is 0 Å². The zero-order valence-electron chi connectivity index (χ0n) is 9.61. The van der Waals surface area contributed by atoms with Crippen LogP contribution >= 0.6 is 0 Å². The molecule has 0 saturated heterocycles. The third kappa shape index (κ3) is 4.17. The van der Waals surface area contributed by atoms with Gasteiger partial charge in [0.25, 0.3) is 0 Å². The highest BCUT2D eigenvalue weighted by Crippen LogP contribution is 2.12. The average molecular weight is 204 g/mol. The summed E-state index contributed by atoms with van der Waals surface area (Å²) in [7, 11) is 0. The van der Waals surface area contributed by atoms with Crippen molar-refractivity contribution in [3.8, 4) is 0 Å². The van der Waals surface area contributed by atoms with Crippen LogP contribution in [0.25, 0.3) is 5.57 Å². The third-order valence-electron chi connectivity index (χ3n) is 2.36. The molecule has 0 unspecified atom stereocenters. The molecule has 0 fully saturated rings. The van der Waals surface area contributed by atoms with E-state index in [0.717, 1.165) is 13.0 Å². The second-order valence-corrected chi connectivity index (χ2v) is 3.77. The van der Waals surface area contributed by atoms with E-state index in [1.807, 2.05) is 24.4 Å². The maximum Gasteiger partial charge on any atom is 0.0335 e. The second-order valence-electron chi connectivity index (χ2n) is 3.77. The summed E-state index contributed by atoms with van der Waals surface area (Å²) in [6.45, 7) is 5.17. The Labute approximate surface area is 92.4 Å². The number of nitrogens with two attached hydrogens (primary N) is 1. The molecule has 0 radical (unpaired) electrons. The number of allylic oxidation sites excluding steroid dienone is 1. The van der Waals surface area contributed by atoms with Crippen molar-refractivity contribution in [1.82, 2.24) is 5.01 Å². The summed E-state index contributed by atoms with van der Waals surface area (Å²) in [5, 5.41) is 1.77. The molecule has 1 aromatic carbocycles. The topological polar surface area (TPSA) is 29.3 Å². The monoisotopic (exact) mass is 204 g/mol. The standard InChI is InChI=1S/C13H20N2/c1-3-4-10-15(14)11-12(2)13-8-6-5-7-9-13/h5-9,11H,3-4,10,14H2,1-2H3/b12-11+. The molecule has 0 saturated carbocycles. The molecule has 0 aromatic heterocycles. The lowest BCUT2D eigenvalue weighted by molar-refractivity contribution is 0.385. The Bertz CT molecular complexity index is 304. The molecule has 0 heterocycles. The van der Waals surface area contributed by atoms with E-state index in [9.17, 15) is 0 Å². The molecule has 1 aromatic rings. The first kappa shape index (κ1) is 11.8. The van der Waals surface area contributed by atoms with Gasteiger partial charge in [-0.15, -0.1) is 0 Å². The number of benzene rings is 1. The molecule has 1 rings (SSSR count). The van der Waals surface area contributed by atoms with Crippen molar-refractivity contribution < 1.29 is 0 Å². The van der Waals surface area contributed by atoms with Crippen LogP contribution in [0.2, 0.25) is 0 Å². The van der Waals surface area contributed by atoms with Crippen molar-refractivity contribution in [2.75, 3.05) is 6.54 Å². The number of hydrogen-bond donors (Lipinski definition) is 1. The van der Waals surface area contributed by atoms with Crippen molar-refractivity contribution in [2.24, 2.45) is 5.84 Å². The van der Waals surface area contributed by atoms with Crippen LogP contribution in [0, 0.1) is 0 Å². The molecule has 0 spiro atoms. The van der Waals surface area contributed by atoms with Gasteiger partial charge in [-0.3, -0.25) is 0 Å². The van der Waals surface area contributed by atoms with E-state index < -0.39 is 0 Å². The van der Waals surface area contributed by atoms with Gasteiger partial charge in [-0.25, -0.2) is 5.84 Å². The lowest BCUT2D eigenvalue weighted by Gasteiger charge is -2.14. The molecule has 15 heavy (non-hydrogen) atoms.